The fraction of sp³-hybridized carbons (Fsp3) is 0.400. The van der Waals surface area contributed by atoms with Gasteiger partial charge in [0.25, 0.3) is 10.0 Å². The van der Waals surface area contributed by atoms with Gasteiger partial charge in [0.2, 0.25) is 0 Å². The highest BCUT2D eigenvalue weighted by molar-refractivity contribution is 7.90. The maximum Gasteiger partial charge on any atom is 0.333 e. The number of nitrogens with zero attached hydrogens (tertiary/aromatic N) is 1. The summed E-state index contributed by atoms with van der Waals surface area (Å²) >= 11 is 0. The summed E-state index contributed by atoms with van der Waals surface area (Å²) in [5, 5.41) is 2.83. The first-order chi connectivity index (χ1) is 13.5. The Morgan fingerprint density at radius 1 is 1.14 bits per heavy atom. The second-order valence-corrected chi connectivity index (χ2v) is 8.70. The first-order valence-corrected chi connectivity index (χ1v) is 11.0. The highest BCUT2D eigenvalue weighted by Gasteiger charge is 2.27. The number of rotatable bonds is 5. The van der Waals surface area contributed by atoms with Gasteiger partial charge in [-0.05, 0) is 73.8 Å². The van der Waals surface area contributed by atoms with Crippen LogP contribution in [0.15, 0.2) is 29.4 Å². The fourth-order valence-corrected chi connectivity index (χ4v) is 5.12. The minimum Gasteiger partial charge on any atom is -0.492 e. The molecular formula is C20H23N3O4S. The number of pyridine rings is 1. The van der Waals surface area contributed by atoms with E-state index in [4.69, 9.17) is 4.74 Å². The van der Waals surface area contributed by atoms with Crippen molar-refractivity contribution in [1.82, 2.24) is 9.71 Å². The summed E-state index contributed by atoms with van der Waals surface area (Å²) in [5.41, 5.74) is 5.62. The molecule has 0 saturated carbocycles. The van der Waals surface area contributed by atoms with E-state index >= 15 is 0 Å². The van der Waals surface area contributed by atoms with Crippen molar-refractivity contribution in [3.63, 3.8) is 0 Å². The van der Waals surface area contributed by atoms with Crippen LogP contribution in [0.2, 0.25) is 0 Å². The number of fused-ring (bicyclic) bond motifs is 2. The molecule has 2 N–H and O–H groups in total. The Balaban J connectivity index is 1.59. The molecule has 7 nitrogen and oxygen atoms in total. The number of aromatic nitrogens is 1. The summed E-state index contributed by atoms with van der Waals surface area (Å²) in [4.78, 5) is 16.3. The molecule has 2 aliphatic rings. The largest absolute Gasteiger partial charge is 0.492 e. The van der Waals surface area contributed by atoms with Crippen molar-refractivity contribution >= 4 is 21.7 Å². The molecule has 0 saturated heterocycles. The van der Waals surface area contributed by atoms with Gasteiger partial charge in [-0.1, -0.05) is 6.07 Å². The van der Waals surface area contributed by atoms with Crippen LogP contribution >= 0.6 is 0 Å². The third kappa shape index (κ3) is 3.44. The number of anilines is 1. The van der Waals surface area contributed by atoms with Crippen LogP contribution in [0.5, 0.6) is 5.75 Å². The van der Waals surface area contributed by atoms with Gasteiger partial charge in [0.05, 0.1) is 12.8 Å². The van der Waals surface area contributed by atoms with Crippen LogP contribution in [0.1, 0.15) is 42.0 Å². The molecule has 28 heavy (non-hydrogen) atoms. The third-order valence-corrected chi connectivity index (χ3v) is 6.61. The van der Waals surface area contributed by atoms with Gasteiger partial charge in [-0.25, -0.2) is 17.9 Å². The third-order valence-electron chi connectivity index (χ3n) is 5.27. The SMILES string of the molecule is CCOc1ccncc1S(=O)(=O)NC(=O)Nc1c2c(cc3c1CCC3)CCC2. The lowest BCUT2D eigenvalue weighted by Crippen LogP contribution is -2.35. The Morgan fingerprint density at radius 3 is 2.46 bits per heavy atom. The van der Waals surface area contributed by atoms with E-state index in [9.17, 15) is 13.2 Å². The predicted molar refractivity (Wildman–Crippen MR) is 105 cm³/mol. The summed E-state index contributed by atoms with van der Waals surface area (Å²) < 4.78 is 32.9. The van der Waals surface area contributed by atoms with E-state index in [1.165, 1.54) is 29.6 Å². The second-order valence-electron chi connectivity index (χ2n) is 7.05. The van der Waals surface area contributed by atoms with E-state index in [1.54, 1.807) is 6.92 Å². The number of carbonyl (C=O) groups is 1. The molecule has 2 aromatic rings. The van der Waals surface area contributed by atoms with Gasteiger partial charge in [0.1, 0.15) is 10.6 Å². The summed E-state index contributed by atoms with van der Waals surface area (Å²) in [6.45, 7) is 2.06. The standard InChI is InChI=1S/C20H23N3O4S/c1-2-27-17-9-10-21-12-18(17)28(25,26)23-20(24)22-19-15-7-3-5-13(15)11-14-6-4-8-16(14)19/h9-12H,2-8H2,1H3,(H2,22,23,24). The summed E-state index contributed by atoms with van der Waals surface area (Å²) in [7, 11) is -4.11. The first-order valence-electron chi connectivity index (χ1n) is 9.56. The number of nitrogens with one attached hydrogen (secondary N) is 2. The van der Waals surface area contributed by atoms with E-state index in [0.717, 1.165) is 55.3 Å². The lowest BCUT2D eigenvalue weighted by molar-refractivity contribution is 0.256. The molecule has 1 heterocycles. The Bertz CT molecular complexity index is 1000. The van der Waals surface area contributed by atoms with Gasteiger partial charge in [-0.3, -0.25) is 4.98 Å². The highest BCUT2D eigenvalue weighted by Crippen LogP contribution is 2.38. The van der Waals surface area contributed by atoms with Crippen LogP contribution < -0.4 is 14.8 Å². The molecule has 0 aliphatic heterocycles. The monoisotopic (exact) mass is 401 g/mol. The summed E-state index contributed by atoms with van der Waals surface area (Å²) in [6, 6.07) is 2.96. The molecule has 0 unspecified atom stereocenters. The number of aryl methyl sites for hydroxylation is 2. The average molecular weight is 401 g/mol. The van der Waals surface area contributed by atoms with Gasteiger partial charge in [0, 0.05) is 11.9 Å². The molecule has 0 fully saturated rings. The van der Waals surface area contributed by atoms with E-state index in [0.29, 0.717) is 6.61 Å². The molecule has 2 aliphatic carbocycles. The molecule has 0 atom stereocenters. The molecule has 0 spiro atoms. The average Bonchev–Trinajstić information content (AvgIpc) is 3.30. The molecule has 0 radical (unpaired) electrons. The Hall–Kier alpha value is -2.61. The van der Waals surface area contributed by atoms with Crippen molar-refractivity contribution in [3.8, 4) is 5.75 Å². The number of ether oxygens (including phenoxy) is 1. The molecule has 0 bridgehead atoms. The number of urea groups is 1. The lowest BCUT2D eigenvalue weighted by Gasteiger charge is -2.17. The van der Waals surface area contributed by atoms with E-state index in [2.05, 4.69) is 21.1 Å². The Morgan fingerprint density at radius 2 is 1.82 bits per heavy atom. The molecule has 4 rings (SSSR count). The van der Waals surface area contributed by atoms with Crippen molar-refractivity contribution < 1.29 is 17.9 Å². The summed E-state index contributed by atoms with van der Waals surface area (Å²) in [6.07, 6.45) is 8.55. The van der Waals surface area contributed by atoms with E-state index in [1.807, 2.05) is 0 Å². The minimum atomic E-state index is -4.11. The van der Waals surface area contributed by atoms with Crippen LogP contribution in [-0.2, 0) is 35.7 Å². The number of benzene rings is 1. The van der Waals surface area contributed by atoms with Crippen LogP contribution in [0, 0.1) is 0 Å². The molecule has 8 heteroatoms. The van der Waals surface area contributed by atoms with Gasteiger partial charge >= 0.3 is 6.03 Å². The number of sulfonamides is 1. The number of amides is 2. The van der Waals surface area contributed by atoms with Crippen LogP contribution in [0.25, 0.3) is 0 Å². The summed E-state index contributed by atoms with van der Waals surface area (Å²) in [5.74, 6) is 0.166. The van der Waals surface area contributed by atoms with Crippen molar-refractivity contribution in [2.45, 2.75) is 50.3 Å². The highest BCUT2D eigenvalue weighted by atomic mass is 32.2. The molecule has 148 valence electrons. The predicted octanol–water partition coefficient (Wildman–Crippen LogP) is 2.97. The first kappa shape index (κ1) is 18.7. The zero-order valence-electron chi connectivity index (χ0n) is 15.7. The minimum absolute atomic E-state index is 0.157. The van der Waals surface area contributed by atoms with Crippen molar-refractivity contribution in [1.29, 1.82) is 0 Å². The quantitative estimate of drug-likeness (QED) is 0.803. The van der Waals surface area contributed by atoms with Crippen molar-refractivity contribution in [2.75, 3.05) is 11.9 Å². The maximum atomic E-state index is 12.7. The molecule has 2 amide bonds. The van der Waals surface area contributed by atoms with Crippen LogP contribution in [0.4, 0.5) is 10.5 Å². The van der Waals surface area contributed by atoms with Gasteiger partial charge in [-0.15, -0.1) is 0 Å². The van der Waals surface area contributed by atoms with Crippen LogP contribution in [0.3, 0.4) is 0 Å². The Labute approximate surface area is 164 Å². The fourth-order valence-electron chi connectivity index (χ4n) is 4.13. The molecular weight excluding hydrogens is 378 g/mol. The van der Waals surface area contributed by atoms with Crippen molar-refractivity contribution in [3.05, 3.63) is 46.8 Å². The Kier molecular flexibility index (Phi) is 4.97. The molecule has 1 aromatic carbocycles. The number of hydrogen-bond acceptors (Lipinski definition) is 5. The molecule has 1 aromatic heterocycles. The number of carbonyl (C=O) groups excluding carboxylic acids is 1. The number of hydrogen-bond donors (Lipinski definition) is 2. The lowest BCUT2D eigenvalue weighted by atomic mass is 9.99. The zero-order valence-corrected chi connectivity index (χ0v) is 16.6. The topological polar surface area (TPSA) is 97.4 Å². The zero-order chi connectivity index (χ0) is 19.7. The van der Waals surface area contributed by atoms with Gasteiger partial charge in [-0.2, -0.15) is 0 Å². The van der Waals surface area contributed by atoms with Gasteiger partial charge in [0.15, 0.2) is 0 Å². The van der Waals surface area contributed by atoms with E-state index < -0.39 is 16.1 Å². The normalized spacial score (nSPS) is 15.0. The van der Waals surface area contributed by atoms with Crippen LogP contribution in [-0.4, -0.2) is 26.0 Å². The van der Waals surface area contributed by atoms with E-state index in [-0.39, 0.29) is 10.6 Å². The van der Waals surface area contributed by atoms with Crippen molar-refractivity contribution in [2.24, 2.45) is 0 Å². The second kappa shape index (κ2) is 7.43. The van der Waals surface area contributed by atoms with Gasteiger partial charge < -0.3 is 10.1 Å². The maximum absolute atomic E-state index is 12.7. The smallest absolute Gasteiger partial charge is 0.333 e.